The number of nitrogens with one attached hydrogen (secondary N) is 1. The summed E-state index contributed by atoms with van der Waals surface area (Å²) in [5, 5.41) is 2.65. The summed E-state index contributed by atoms with van der Waals surface area (Å²) in [7, 11) is 3.02. The number of hydrogen-bond acceptors (Lipinski definition) is 6. The third kappa shape index (κ3) is 4.55. The van der Waals surface area contributed by atoms with Crippen LogP contribution < -0.4 is 14.8 Å². The number of nitrogens with zero attached hydrogens (tertiary/aromatic N) is 1. The van der Waals surface area contributed by atoms with Gasteiger partial charge in [0.15, 0.2) is 6.61 Å². The predicted octanol–water partition coefficient (Wildman–Crippen LogP) is 1.98. The van der Waals surface area contributed by atoms with Crippen molar-refractivity contribution < 1.29 is 28.6 Å². The highest BCUT2D eigenvalue weighted by molar-refractivity contribution is 5.95. The quantitative estimate of drug-likeness (QED) is 0.716. The lowest BCUT2D eigenvalue weighted by molar-refractivity contribution is -0.151. The predicted molar refractivity (Wildman–Crippen MR) is 101 cm³/mol. The van der Waals surface area contributed by atoms with Gasteiger partial charge in [-0.1, -0.05) is 12.8 Å². The van der Waals surface area contributed by atoms with Gasteiger partial charge in [-0.15, -0.1) is 0 Å². The smallest absolute Gasteiger partial charge is 0.311 e. The molecular formula is C20H26N2O6. The van der Waals surface area contributed by atoms with Crippen LogP contribution in [0.15, 0.2) is 18.2 Å². The standard InChI is InChI=1S/C20H26N2O6/c1-26-15-7-8-16(17(10-15)27-2)21-18(23)12-28-20(25)13-9-19(24)22(11-13)14-5-3-4-6-14/h7-8,10,13-14H,3-6,9,11-12H2,1-2H3,(H,21,23)/t13-/m1/s1. The number of esters is 1. The van der Waals surface area contributed by atoms with Crippen LogP contribution in [0.2, 0.25) is 0 Å². The largest absolute Gasteiger partial charge is 0.497 e. The van der Waals surface area contributed by atoms with E-state index in [0.717, 1.165) is 25.7 Å². The number of amides is 2. The molecule has 1 heterocycles. The molecule has 2 fully saturated rings. The second-order valence-corrected chi connectivity index (χ2v) is 7.11. The van der Waals surface area contributed by atoms with Gasteiger partial charge >= 0.3 is 5.97 Å². The van der Waals surface area contributed by atoms with Crippen molar-refractivity contribution in [3.8, 4) is 11.5 Å². The molecule has 1 aromatic carbocycles. The molecule has 0 spiro atoms. The second-order valence-electron chi connectivity index (χ2n) is 7.11. The highest BCUT2D eigenvalue weighted by Crippen LogP contribution is 2.30. The van der Waals surface area contributed by atoms with Gasteiger partial charge in [-0.3, -0.25) is 14.4 Å². The van der Waals surface area contributed by atoms with Crippen LogP contribution in [0.25, 0.3) is 0 Å². The lowest BCUT2D eigenvalue weighted by Gasteiger charge is -2.23. The monoisotopic (exact) mass is 390 g/mol. The van der Waals surface area contributed by atoms with Gasteiger partial charge in [-0.2, -0.15) is 0 Å². The van der Waals surface area contributed by atoms with Gasteiger partial charge < -0.3 is 24.4 Å². The molecule has 0 unspecified atom stereocenters. The molecule has 0 bridgehead atoms. The normalized spacial score (nSPS) is 19.6. The van der Waals surface area contributed by atoms with E-state index in [9.17, 15) is 14.4 Å². The van der Waals surface area contributed by atoms with Crippen LogP contribution in [0, 0.1) is 5.92 Å². The summed E-state index contributed by atoms with van der Waals surface area (Å²) in [4.78, 5) is 38.4. The minimum absolute atomic E-state index is 0.00118. The van der Waals surface area contributed by atoms with Gasteiger partial charge in [0.2, 0.25) is 5.91 Å². The van der Waals surface area contributed by atoms with E-state index in [2.05, 4.69) is 5.32 Å². The fraction of sp³-hybridized carbons (Fsp3) is 0.550. The molecule has 8 nitrogen and oxygen atoms in total. The van der Waals surface area contributed by atoms with Gasteiger partial charge in [-0.05, 0) is 25.0 Å². The van der Waals surface area contributed by atoms with E-state index in [1.54, 1.807) is 23.1 Å². The molecule has 0 radical (unpaired) electrons. The van der Waals surface area contributed by atoms with E-state index < -0.39 is 24.4 Å². The number of hydrogen-bond donors (Lipinski definition) is 1. The van der Waals surface area contributed by atoms with Crippen LogP contribution >= 0.6 is 0 Å². The number of ether oxygens (including phenoxy) is 3. The van der Waals surface area contributed by atoms with E-state index >= 15 is 0 Å². The molecule has 1 saturated heterocycles. The van der Waals surface area contributed by atoms with E-state index in [1.165, 1.54) is 14.2 Å². The first-order valence-electron chi connectivity index (χ1n) is 9.49. The van der Waals surface area contributed by atoms with Crippen molar-refractivity contribution in [3.05, 3.63) is 18.2 Å². The first-order chi connectivity index (χ1) is 13.5. The summed E-state index contributed by atoms with van der Waals surface area (Å²) in [6.07, 6.45) is 4.40. The molecule has 152 valence electrons. The van der Waals surface area contributed by atoms with Crippen LogP contribution in [-0.2, 0) is 19.1 Å². The zero-order valence-corrected chi connectivity index (χ0v) is 16.2. The molecule has 1 saturated carbocycles. The Morgan fingerprint density at radius 2 is 1.93 bits per heavy atom. The fourth-order valence-electron chi connectivity index (χ4n) is 3.80. The van der Waals surface area contributed by atoms with Crippen LogP contribution in [0.5, 0.6) is 11.5 Å². The number of methoxy groups -OCH3 is 2. The lowest BCUT2D eigenvalue weighted by atomic mass is 10.1. The van der Waals surface area contributed by atoms with Gasteiger partial charge in [-0.25, -0.2) is 0 Å². The molecule has 1 atom stereocenters. The van der Waals surface area contributed by atoms with Gasteiger partial charge in [0.1, 0.15) is 11.5 Å². The number of carbonyl (C=O) groups is 3. The number of benzene rings is 1. The van der Waals surface area contributed by atoms with Crippen molar-refractivity contribution in [2.75, 3.05) is 32.7 Å². The maximum absolute atomic E-state index is 12.3. The Morgan fingerprint density at radius 1 is 1.18 bits per heavy atom. The summed E-state index contributed by atoms with van der Waals surface area (Å²) in [5.41, 5.74) is 0.452. The topological polar surface area (TPSA) is 94.2 Å². The van der Waals surface area contributed by atoms with E-state index in [0.29, 0.717) is 23.7 Å². The van der Waals surface area contributed by atoms with Gasteiger partial charge in [0, 0.05) is 25.1 Å². The van der Waals surface area contributed by atoms with Crippen LogP contribution in [0.4, 0.5) is 5.69 Å². The first kappa shape index (κ1) is 20.0. The van der Waals surface area contributed by atoms with Crippen molar-refractivity contribution in [1.29, 1.82) is 0 Å². The Balaban J connectivity index is 1.49. The minimum Gasteiger partial charge on any atom is -0.497 e. The third-order valence-corrected chi connectivity index (χ3v) is 5.29. The summed E-state index contributed by atoms with van der Waals surface area (Å²) in [6, 6.07) is 5.22. The third-order valence-electron chi connectivity index (χ3n) is 5.29. The molecule has 0 aromatic heterocycles. The summed E-state index contributed by atoms with van der Waals surface area (Å²) in [6.45, 7) is -0.0294. The lowest BCUT2D eigenvalue weighted by Crippen LogP contribution is -2.35. The molecule has 8 heteroatoms. The molecule has 2 aliphatic rings. The van der Waals surface area contributed by atoms with Crippen molar-refractivity contribution >= 4 is 23.5 Å². The average molecular weight is 390 g/mol. The van der Waals surface area contributed by atoms with Gasteiger partial charge in [0.25, 0.3) is 5.91 Å². The summed E-state index contributed by atoms with van der Waals surface area (Å²) >= 11 is 0. The Hall–Kier alpha value is -2.77. The first-order valence-corrected chi connectivity index (χ1v) is 9.49. The molecule has 28 heavy (non-hydrogen) atoms. The number of likely N-dealkylation sites (tertiary alicyclic amines) is 1. The summed E-state index contributed by atoms with van der Waals surface area (Å²) in [5.74, 6) is -0.455. The molecule has 1 aliphatic heterocycles. The Bertz CT molecular complexity index is 744. The van der Waals surface area contributed by atoms with Crippen molar-refractivity contribution in [1.82, 2.24) is 4.90 Å². The van der Waals surface area contributed by atoms with E-state index in [-0.39, 0.29) is 18.4 Å². The fourth-order valence-corrected chi connectivity index (χ4v) is 3.80. The molecular weight excluding hydrogens is 364 g/mol. The number of rotatable bonds is 7. The van der Waals surface area contributed by atoms with Gasteiger partial charge in [0.05, 0.1) is 25.8 Å². The Labute approximate surface area is 164 Å². The van der Waals surface area contributed by atoms with E-state index in [4.69, 9.17) is 14.2 Å². The maximum Gasteiger partial charge on any atom is 0.311 e. The molecule has 3 rings (SSSR count). The summed E-state index contributed by atoms with van der Waals surface area (Å²) < 4.78 is 15.5. The SMILES string of the molecule is COc1ccc(NC(=O)COC(=O)[C@@H]2CC(=O)N(C3CCCC3)C2)c(OC)c1. The zero-order chi connectivity index (χ0) is 20.1. The minimum atomic E-state index is -0.509. The molecule has 1 N–H and O–H groups in total. The van der Waals surface area contributed by atoms with E-state index in [1.807, 2.05) is 0 Å². The van der Waals surface area contributed by atoms with Crippen LogP contribution in [-0.4, -0.2) is 56.1 Å². The Kier molecular flexibility index (Phi) is 6.38. The molecule has 2 amide bonds. The van der Waals surface area contributed by atoms with Crippen molar-refractivity contribution in [3.63, 3.8) is 0 Å². The number of carbonyl (C=O) groups excluding carboxylic acids is 3. The molecule has 1 aliphatic carbocycles. The second kappa shape index (κ2) is 8.95. The van der Waals surface area contributed by atoms with Crippen LogP contribution in [0.3, 0.4) is 0 Å². The average Bonchev–Trinajstić information content (AvgIpc) is 3.35. The van der Waals surface area contributed by atoms with Crippen molar-refractivity contribution in [2.24, 2.45) is 5.92 Å². The highest BCUT2D eigenvalue weighted by atomic mass is 16.5. The Morgan fingerprint density at radius 3 is 2.61 bits per heavy atom. The number of anilines is 1. The highest BCUT2D eigenvalue weighted by Gasteiger charge is 2.39. The van der Waals surface area contributed by atoms with Crippen molar-refractivity contribution in [2.45, 2.75) is 38.1 Å². The zero-order valence-electron chi connectivity index (χ0n) is 16.2. The maximum atomic E-state index is 12.3. The molecule has 1 aromatic rings. The van der Waals surface area contributed by atoms with Crippen LogP contribution in [0.1, 0.15) is 32.1 Å².